The van der Waals surface area contributed by atoms with Crippen LogP contribution in [0.3, 0.4) is 0 Å². The van der Waals surface area contributed by atoms with Gasteiger partial charge >= 0.3 is 0 Å². The normalized spacial score (nSPS) is 30.2. The average Bonchev–Trinajstić information content (AvgIpc) is 2.23. The molecule has 1 nitrogen and oxygen atoms in total. The number of ketones is 1. The summed E-state index contributed by atoms with van der Waals surface area (Å²) in [5, 5.41) is 0.738. The zero-order valence-corrected chi connectivity index (χ0v) is 10.7. The zero-order valence-electron chi connectivity index (χ0n) is 9.94. The van der Waals surface area contributed by atoms with E-state index in [9.17, 15) is 4.79 Å². The average molecular weight is 239 g/mol. The summed E-state index contributed by atoms with van der Waals surface area (Å²) in [6.07, 6.45) is 7.27. The lowest BCUT2D eigenvalue weighted by Gasteiger charge is -2.43. The fraction of sp³-hybridized carbons (Fsp3) is 0.643. The Morgan fingerprint density at radius 1 is 1.38 bits per heavy atom. The molecule has 0 aromatic carbocycles. The first-order valence-corrected chi connectivity index (χ1v) is 6.50. The fourth-order valence-electron chi connectivity index (χ4n) is 3.40. The predicted octanol–water partition coefficient (Wildman–Crippen LogP) is 4.37. The Morgan fingerprint density at radius 3 is 2.81 bits per heavy atom. The van der Waals surface area contributed by atoms with E-state index in [1.54, 1.807) is 0 Å². The molecule has 0 bridgehead atoms. The summed E-state index contributed by atoms with van der Waals surface area (Å²) in [5.41, 5.74) is 2.58. The summed E-state index contributed by atoms with van der Waals surface area (Å²) in [7, 11) is 0. The van der Waals surface area contributed by atoms with Gasteiger partial charge in [-0.25, -0.2) is 0 Å². The van der Waals surface area contributed by atoms with Crippen LogP contribution in [0.15, 0.2) is 22.8 Å². The SMILES string of the molecule is C=C(Cl)C[C@]12CCCCC1=C(C)C(=O)CC2. The van der Waals surface area contributed by atoms with Crippen LogP contribution >= 0.6 is 11.6 Å². The molecule has 1 atom stereocenters. The molecule has 88 valence electrons. The first-order valence-electron chi connectivity index (χ1n) is 6.12. The summed E-state index contributed by atoms with van der Waals surface area (Å²) in [4.78, 5) is 11.8. The maximum absolute atomic E-state index is 11.8. The molecule has 0 aliphatic heterocycles. The van der Waals surface area contributed by atoms with Crippen LogP contribution in [0.2, 0.25) is 0 Å². The van der Waals surface area contributed by atoms with Crippen LogP contribution in [0.25, 0.3) is 0 Å². The first-order chi connectivity index (χ1) is 7.55. The molecule has 0 saturated heterocycles. The number of allylic oxidation sites excluding steroid dienone is 3. The topological polar surface area (TPSA) is 17.1 Å². The van der Waals surface area contributed by atoms with Gasteiger partial charge < -0.3 is 0 Å². The Morgan fingerprint density at radius 2 is 2.12 bits per heavy atom. The van der Waals surface area contributed by atoms with Crippen LogP contribution in [-0.4, -0.2) is 5.78 Å². The highest BCUT2D eigenvalue weighted by Crippen LogP contribution is 2.52. The van der Waals surface area contributed by atoms with Crippen molar-refractivity contribution in [3.8, 4) is 0 Å². The third-order valence-electron chi connectivity index (χ3n) is 4.20. The van der Waals surface area contributed by atoms with Crippen molar-refractivity contribution < 1.29 is 4.79 Å². The third kappa shape index (κ3) is 1.98. The Balaban J connectivity index is 2.39. The smallest absolute Gasteiger partial charge is 0.158 e. The standard InChI is InChI=1S/C14H19ClO/c1-10(15)9-14-7-4-3-5-12(14)11(2)13(16)6-8-14/h1,3-9H2,2H3/t14-/m1/s1. The lowest BCUT2D eigenvalue weighted by atomic mass is 9.61. The molecule has 2 heteroatoms. The van der Waals surface area contributed by atoms with Gasteiger partial charge in [-0.3, -0.25) is 4.79 Å². The van der Waals surface area contributed by atoms with Crippen molar-refractivity contribution in [3.63, 3.8) is 0 Å². The van der Waals surface area contributed by atoms with Gasteiger partial charge in [0.1, 0.15) is 0 Å². The molecular formula is C14H19ClO. The number of rotatable bonds is 2. The third-order valence-corrected chi connectivity index (χ3v) is 4.34. The van der Waals surface area contributed by atoms with Crippen molar-refractivity contribution in [2.75, 3.05) is 0 Å². The maximum Gasteiger partial charge on any atom is 0.158 e. The van der Waals surface area contributed by atoms with E-state index in [2.05, 4.69) is 6.58 Å². The van der Waals surface area contributed by atoms with Gasteiger partial charge in [-0.15, -0.1) is 0 Å². The molecule has 2 aliphatic carbocycles. The lowest BCUT2D eigenvalue weighted by Crippen LogP contribution is -2.33. The Hall–Kier alpha value is -0.560. The van der Waals surface area contributed by atoms with Gasteiger partial charge in [0.15, 0.2) is 5.78 Å². The van der Waals surface area contributed by atoms with Crippen molar-refractivity contribution in [1.29, 1.82) is 0 Å². The predicted molar refractivity (Wildman–Crippen MR) is 67.5 cm³/mol. The molecule has 0 aromatic heterocycles. The largest absolute Gasteiger partial charge is 0.295 e. The molecule has 0 aromatic rings. The number of Topliss-reactive ketones (excluding diaryl/α,β-unsaturated/α-hetero) is 1. The van der Waals surface area contributed by atoms with Crippen LogP contribution in [-0.2, 0) is 4.79 Å². The molecule has 16 heavy (non-hydrogen) atoms. The highest BCUT2D eigenvalue weighted by atomic mass is 35.5. The van der Waals surface area contributed by atoms with Gasteiger partial charge in [0, 0.05) is 11.5 Å². The molecule has 0 unspecified atom stereocenters. The van der Waals surface area contributed by atoms with Gasteiger partial charge in [-0.05, 0) is 50.0 Å². The molecule has 2 rings (SSSR count). The van der Waals surface area contributed by atoms with Crippen molar-refractivity contribution in [3.05, 3.63) is 22.8 Å². The van der Waals surface area contributed by atoms with Crippen molar-refractivity contribution in [1.82, 2.24) is 0 Å². The minimum Gasteiger partial charge on any atom is -0.295 e. The number of fused-ring (bicyclic) bond motifs is 1. The highest BCUT2D eigenvalue weighted by molar-refractivity contribution is 6.29. The van der Waals surface area contributed by atoms with Gasteiger partial charge in [-0.2, -0.15) is 0 Å². The van der Waals surface area contributed by atoms with Crippen molar-refractivity contribution in [2.45, 2.75) is 51.9 Å². The lowest BCUT2D eigenvalue weighted by molar-refractivity contribution is -0.117. The number of halogens is 1. The second-order valence-corrected chi connectivity index (χ2v) is 5.74. The molecule has 0 heterocycles. The monoisotopic (exact) mass is 238 g/mol. The summed E-state index contributed by atoms with van der Waals surface area (Å²) in [6, 6.07) is 0. The van der Waals surface area contributed by atoms with Crippen molar-refractivity contribution >= 4 is 17.4 Å². The van der Waals surface area contributed by atoms with Crippen LogP contribution in [0, 0.1) is 5.41 Å². The van der Waals surface area contributed by atoms with Gasteiger partial charge in [0.2, 0.25) is 0 Å². The van der Waals surface area contributed by atoms with E-state index in [-0.39, 0.29) is 5.41 Å². The first kappa shape index (κ1) is 11.9. The molecule has 0 radical (unpaired) electrons. The summed E-state index contributed by atoms with van der Waals surface area (Å²) >= 11 is 6.01. The summed E-state index contributed by atoms with van der Waals surface area (Å²) in [5.74, 6) is 0.340. The van der Waals surface area contributed by atoms with E-state index in [1.165, 1.54) is 24.8 Å². The number of hydrogen-bond acceptors (Lipinski definition) is 1. The quantitative estimate of drug-likeness (QED) is 0.698. The molecule has 1 fully saturated rings. The summed E-state index contributed by atoms with van der Waals surface area (Å²) in [6.45, 7) is 5.83. The second kappa shape index (κ2) is 4.37. The Labute approximate surface area is 103 Å². The van der Waals surface area contributed by atoms with E-state index in [0.717, 1.165) is 29.9 Å². The molecular weight excluding hydrogens is 220 g/mol. The highest BCUT2D eigenvalue weighted by Gasteiger charge is 2.41. The second-order valence-electron chi connectivity index (χ2n) is 5.21. The van der Waals surface area contributed by atoms with Crippen LogP contribution in [0.1, 0.15) is 51.9 Å². The van der Waals surface area contributed by atoms with Crippen LogP contribution < -0.4 is 0 Å². The Kier molecular flexibility index (Phi) is 3.25. The van der Waals surface area contributed by atoms with E-state index >= 15 is 0 Å². The Bertz CT molecular complexity index is 367. The molecule has 1 saturated carbocycles. The molecule has 0 amide bonds. The molecule has 0 spiro atoms. The number of carbonyl (C=O) groups excluding carboxylic acids is 1. The number of carbonyl (C=O) groups is 1. The van der Waals surface area contributed by atoms with E-state index < -0.39 is 0 Å². The van der Waals surface area contributed by atoms with Gasteiger partial charge in [0.25, 0.3) is 0 Å². The van der Waals surface area contributed by atoms with Crippen LogP contribution in [0.4, 0.5) is 0 Å². The summed E-state index contributed by atoms with van der Waals surface area (Å²) < 4.78 is 0. The zero-order chi connectivity index (χ0) is 11.8. The van der Waals surface area contributed by atoms with Gasteiger partial charge in [0.05, 0.1) is 0 Å². The van der Waals surface area contributed by atoms with E-state index in [4.69, 9.17) is 11.6 Å². The van der Waals surface area contributed by atoms with E-state index in [1.807, 2.05) is 6.92 Å². The minimum absolute atomic E-state index is 0.176. The molecule has 0 N–H and O–H groups in total. The maximum atomic E-state index is 11.8. The minimum atomic E-state index is 0.176. The van der Waals surface area contributed by atoms with Crippen molar-refractivity contribution in [2.24, 2.45) is 5.41 Å². The van der Waals surface area contributed by atoms with Gasteiger partial charge in [-0.1, -0.05) is 30.2 Å². The fourth-order valence-corrected chi connectivity index (χ4v) is 3.66. The number of hydrogen-bond donors (Lipinski definition) is 0. The molecule has 2 aliphatic rings. The van der Waals surface area contributed by atoms with Crippen LogP contribution in [0.5, 0.6) is 0 Å². The van der Waals surface area contributed by atoms with E-state index in [0.29, 0.717) is 12.2 Å².